The third-order valence-corrected chi connectivity index (χ3v) is 3.73. The molecule has 0 spiro atoms. The van der Waals surface area contributed by atoms with E-state index >= 15 is 0 Å². The normalized spacial score (nSPS) is 15.3. The van der Waals surface area contributed by atoms with Crippen molar-refractivity contribution >= 4 is 5.97 Å². The maximum absolute atomic E-state index is 12.3. The summed E-state index contributed by atoms with van der Waals surface area (Å²) in [5.74, 6) is -0.443. The number of carbonyl (C=O) groups is 1. The molecule has 0 aromatic heterocycles. The Morgan fingerprint density at radius 2 is 1.96 bits per heavy atom. The van der Waals surface area contributed by atoms with Gasteiger partial charge < -0.3 is 9.47 Å². The largest absolute Gasteiger partial charge is 0.463 e. The summed E-state index contributed by atoms with van der Waals surface area (Å²) in [5, 5.41) is 0. The average Bonchev–Trinajstić information content (AvgIpc) is 2.56. The SMILES string of the molecule is CC(C)OC(=O)C(CCOCC1=CCCC=C1)c1ccccc1. The van der Waals surface area contributed by atoms with Gasteiger partial charge in [-0.1, -0.05) is 48.6 Å². The fourth-order valence-corrected chi connectivity index (χ4v) is 2.59. The number of hydrogen-bond donors (Lipinski definition) is 0. The maximum atomic E-state index is 12.3. The molecule has 3 heteroatoms. The van der Waals surface area contributed by atoms with E-state index in [0.29, 0.717) is 19.6 Å². The molecular weight excluding hydrogens is 288 g/mol. The molecule has 0 aliphatic heterocycles. The lowest BCUT2D eigenvalue weighted by Crippen LogP contribution is -2.21. The number of allylic oxidation sites excluding steroid dienone is 2. The summed E-state index contributed by atoms with van der Waals surface area (Å²) in [6, 6.07) is 9.79. The van der Waals surface area contributed by atoms with Crippen LogP contribution in [0.2, 0.25) is 0 Å². The van der Waals surface area contributed by atoms with Crippen LogP contribution in [0.3, 0.4) is 0 Å². The summed E-state index contributed by atoms with van der Waals surface area (Å²) in [6.45, 7) is 4.89. The quantitative estimate of drug-likeness (QED) is 0.527. The zero-order valence-corrected chi connectivity index (χ0v) is 14.0. The second kappa shape index (κ2) is 9.31. The molecule has 0 saturated carbocycles. The summed E-state index contributed by atoms with van der Waals surface area (Å²) in [7, 11) is 0. The summed E-state index contributed by atoms with van der Waals surface area (Å²) in [5.41, 5.74) is 2.20. The zero-order chi connectivity index (χ0) is 16.5. The van der Waals surface area contributed by atoms with Crippen molar-refractivity contribution in [3.8, 4) is 0 Å². The molecule has 0 bridgehead atoms. The van der Waals surface area contributed by atoms with Gasteiger partial charge in [-0.2, -0.15) is 0 Å². The Morgan fingerprint density at radius 1 is 1.17 bits per heavy atom. The van der Waals surface area contributed by atoms with Gasteiger partial charge in [0.1, 0.15) is 0 Å². The molecule has 1 aliphatic rings. The first-order chi connectivity index (χ1) is 11.2. The van der Waals surface area contributed by atoms with Gasteiger partial charge in [0, 0.05) is 6.61 Å². The molecule has 2 rings (SSSR count). The Kier molecular flexibility index (Phi) is 7.08. The molecule has 23 heavy (non-hydrogen) atoms. The van der Waals surface area contributed by atoms with Gasteiger partial charge >= 0.3 is 5.97 Å². The number of esters is 1. The van der Waals surface area contributed by atoms with E-state index in [2.05, 4.69) is 18.2 Å². The lowest BCUT2D eigenvalue weighted by Gasteiger charge is -2.18. The van der Waals surface area contributed by atoms with Crippen LogP contribution >= 0.6 is 0 Å². The van der Waals surface area contributed by atoms with Gasteiger partial charge in [0.2, 0.25) is 0 Å². The van der Waals surface area contributed by atoms with Gasteiger partial charge in [-0.15, -0.1) is 0 Å². The van der Waals surface area contributed by atoms with Crippen molar-refractivity contribution in [2.75, 3.05) is 13.2 Å². The Labute approximate surface area is 139 Å². The first-order valence-corrected chi connectivity index (χ1v) is 8.35. The number of hydrogen-bond acceptors (Lipinski definition) is 3. The van der Waals surface area contributed by atoms with Crippen LogP contribution < -0.4 is 0 Å². The highest BCUT2D eigenvalue weighted by Gasteiger charge is 2.22. The third-order valence-electron chi connectivity index (χ3n) is 3.73. The molecule has 0 heterocycles. The van der Waals surface area contributed by atoms with E-state index < -0.39 is 0 Å². The number of benzene rings is 1. The van der Waals surface area contributed by atoms with E-state index in [1.54, 1.807) is 0 Å². The Balaban J connectivity index is 1.88. The van der Waals surface area contributed by atoms with Gasteiger partial charge in [-0.3, -0.25) is 4.79 Å². The molecular formula is C20H26O3. The van der Waals surface area contributed by atoms with E-state index in [0.717, 1.165) is 18.4 Å². The first-order valence-electron chi connectivity index (χ1n) is 8.35. The molecule has 1 atom stereocenters. The molecule has 1 unspecified atom stereocenters. The number of ether oxygens (including phenoxy) is 2. The van der Waals surface area contributed by atoms with Crippen molar-refractivity contribution in [3.63, 3.8) is 0 Å². The van der Waals surface area contributed by atoms with Crippen LogP contribution in [0.25, 0.3) is 0 Å². The van der Waals surface area contributed by atoms with Gasteiger partial charge in [0.15, 0.2) is 0 Å². The van der Waals surface area contributed by atoms with Gasteiger partial charge in [-0.25, -0.2) is 0 Å². The van der Waals surface area contributed by atoms with Crippen molar-refractivity contribution in [1.82, 2.24) is 0 Å². The fourth-order valence-electron chi connectivity index (χ4n) is 2.59. The van der Waals surface area contributed by atoms with E-state index in [4.69, 9.17) is 9.47 Å². The Morgan fingerprint density at radius 3 is 2.61 bits per heavy atom. The van der Waals surface area contributed by atoms with Crippen LogP contribution in [0.5, 0.6) is 0 Å². The second-order valence-electron chi connectivity index (χ2n) is 6.05. The van der Waals surface area contributed by atoms with Crippen LogP contribution in [0.15, 0.2) is 54.1 Å². The molecule has 1 aromatic carbocycles. The van der Waals surface area contributed by atoms with E-state index in [1.807, 2.05) is 44.2 Å². The Hall–Kier alpha value is -1.87. The predicted octanol–water partition coefficient (Wildman–Crippen LogP) is 4.40. The van der Waals surface area contributed by atoms with Crippen LogP contribution in [0, 0.1) is 0 Å². The second-order valence-corrected chi connectivity index (χ2v) is 6.05. The Bertz CT molecular complexity index is 543. The number of rotatable bonds is 8. The highest BCUT2D eigenvalue weighted by molar-refractivity contribution is 5.78. The minimum atomic E-state index is -0.269. The first kappa shape index (κ1) is 17.5. The van der Waals surface area contributed by atoms with Crippen molar-refractivity contribution in [2.24, 2.45) is 0 Å². The summed E-state index contributed by atoms with van der Waals surface area (Å²) >= 11 is 0. The van der Waals surface area contributed by atoms with Gasteiger partial charge in [-0.05, 0) is 44.2 Å². The molecule has 0 radical (unpaired) electrons. The molecule has 3 nitrogen and oxygen atoms in total. The lowest BCUT2D eigenvalue weighted by atomic mass is 9.96. The number of carbonyl (C=O) groups excluding carboxylic acids is 1. The molecule has 0 N–H and O–H groups in total. The lowest BCUT2D eigenvalue weighted by molar-refractivity contribution is -0.149. The minimum absolute atomic E-state index is 0.104. The van der Waals surface area contributed by atoms with Gasteiger partial charge in [0.05, 0.1) is 18.6 Å². The minimum Gasteiger partial charge on any atom is -0.463 e. The molecule has 0 fully saturated rings. The van der Waals surface area contributed by atoms with E-state index in [-0.39, 0.29) is 18.0 Å². The average molecular weight is 314 g/mol. The standard InChI is InChI=1S/C20H26O3/c1-16(2)23-20(21)19(18-11-7-4-8-12-18)13-14-22-15-17-9-5-3-6-10-17/h4-5,7-12,16,19H,3,6,13-15H2,1-2H3. The molecule has 1 aliphatic carbocycles. The predicted molar refractivity (Wildman–Crippen MR) is 92.3 cm³/mol. The fraction of sp³-hybridized carbons (Fsp3) is 0.450. The van der Waals surface area contributed by atoms with Crippen molar-refractivity contribution < 1.29 is 14.3 Å². The molecule has 0 saturated heterocycles. The summed E-state index contributed by atoms with van der Waals surface area (Å²) < 4.78 is 11.1. The van der Waals surface area contributed by atoms with Crippen LogP contribution in [-0.2, 0) is 14.3 Å². The van der Waals surface area contributed by atoms with Crippen molar-refractivity contribution in [3.05, 3.63) is 59.7 Å². The van der Waals surface area contributed by atoms with Gasteiger partial charge in [0.25, 0.3) is 0 Å². The van der Waals surface area contributed by atoms with E-state index in [9.17, 15) is 4.79 Å². The monoisotopic (exact) mass is 314 g/mol. The molecule has 124 valence electrons. The highest BCUT2D eigenvalue weighted by Crippen LogP contribution is 2.22. The topological polar surface area (TPSA) is 35.5 Å². The smallest absolute Gasteiger partial charge is 0.313 e. The van der Waals surface area contributed by atoms with Crippen LogP contribution in [-0.4, -0.2) is 25.3 Å². The summed E-state index contributed by atoms with van der Waals surface area (Å²) in [4.78, 5) is 12.3. The summed E-state index contributed by atoms with van der Waals surface area (Å²) in [6.07, 6.45) is 9.22. The van der Waals surface area contributed by atoms with E-state index in [1.165, 1.54) is 5.57 Å². The van der Waals surface area contributed by atoms with Crippen LogP contribution in [0.4, 0.5) is 0 Å². The molecule has 0 amide bonds. The van der Waals surface area contributed by atoms with Crippen molar-refractivity contribution in [2.45, 2.75) is 45.1 Å². The highest BCUT2D eigenvalue weighted by atomic mass is 16.5. The third kappa shape index (κ3) is 6.03. The van der Waals surface area contributed by atoms with Crippen molar-refractivity contribution in [1.29, 1.82) is 0 Å². The molecule has 1 aromatic rings. The van der Waals surface area contributed by atoms with Crippen LogP contribution in [0.1, 0.15) is 44.6 Å². The zero-order valence-electron chi connectivity index (χ0n) is 14.0. The maximum Gasteiger partial charge on any atom is 0.313 e.